The standard InChI is InChI=1S/C13H22N4O/c1-15-13(18)12-10-11(6-8-16-12)17(2)9-5-3-4-7-14/h6,8,10H,3-5,7,9,14H2,1-2H3,(H,15,18). The molecule has 0 saturated carbocycles. The summed E-state index contributed by atoms with van der Waals surface area (Å²) in [6.07, 6.45) is 4.96. The van der Waals surface area contributed by atoms with Gasteiger partial charge in [-0.15, -0.1) is 0 Å². The van der Waals surface area contributed by atoms with Crippen molar-refractivity contribution in [3.05, 3.63) is 24.0 Å². The Balaban J connectivity index is 2.57. The van der Waals surface area contributed by atoms with E-state index in [4.69, 9.17) is 5.73 Å². The van der Waals surface area contributed by atoms with E-state index in [0.717, 1.165) is 38.0 Å². The predicted molar refractivity (Wildman–Crippen MR) is 73.8 cm³/mol. The van der Waals surface area contributed by atoms with Crippen LogP contribution in [0.5, 0.6) is 0 Å². The Morgan fingerprint density at radius 1 is 1.44 bits per heavy atom. The van der Waals surface area contributed by atoms with Crippen LogP contribution in [0.3, 0.4) is 0 Å². The molecule has 0 bridgehead atoms. The van der Waals surface area contributed by atoms with E-state index >= 15 is 0 Å². The molecule has 0 aliphatic rings. The van der Waals surface area contributed by atoms with Crippen molar-refractivity contribution in [2.24, 2.45) is 5.73 Å². The lowest BCUT2D eigenvalue weighted by molar-refractivity contribution is 0.0958. The number of aromatic nitrogens is 1. The van der Waals surface area contributed by atoms with Crippen molar-refractivity contribution in [1.29, 1.82) is 0 Å². The first kappa shape index (κ1) is 14.4. The van der Waals surface area contributed by atoms with E-state index in [-0.39, 0.29) is 5.91 Å². The summed E-state index contributed by atoms with van der Waals surface area (Å²) in [6, 6.07) is 3.72. The molecule has 3 N–H and O–H groups in total. The zero-order valence-electron chi connectivity index (χ0n) is 11.1. The number of hydrogen-bond donors (Lipinski definition) is 2. The van der Waals surface area contributed by atoms with Crippen LogP contribution in [0.15, 0.2) is 18.3 Å². The molecule has 0 fully saturated rings. The molecule has 0 unspecified atom stereocenters. The van der Waals surface area contributed by atoms with Gasteiger partial charge < -0.3 is 16.0 Å². The van der Waals surface area contributed by atoms with Crippen LogP contribution in [0.1, 0.15) is 29.8 Å². The Kier molecular flexibility index (Phi) is 6.14. The lowest BCUT2D eigenvalue weighted by Crippen LogP contribution is -2.22. The molecule has 5 nitrogen and oxygen atoms in total. The zero-order chi connectivity index (χ0) is 13.4. The Hall–Kier alpha value is -1.62. The molecule has 1 rings (SSSR count). The summed E-state index contributed by atoms with van der Waals surface area (Å²) in [5, 5.41) is 2.57. The quantitative estimate of drug-likeness (QED) is 0.708. The van der Waals surface area contributed by atoms with Gasteiger partial charge in [-0.2, -0.15) is 0 Å². The molecule has 0 radical (unpaired) electrons. The Bertz CT molecular complexity index is 381. The fourth-order valence-corrected chi connectivity index (χ4v) is 1.71. The van der Waals surface area contributed by atoms with Gasteiger partial charge >= 0.3 is 0 Å². The van der Waals surface area contributed by atoms with E-state index in [9.17, 15) is 4.79 Å². The average molecular weight is 250 g/mol. The van der Waals surface area contributed by atoms with Crippen molar-refractivity contribution < 1.29 is 4.79 Å². The second kappa shape index (κ2) is 7.66. The fourth-order valence-electron chi connectivity index (χ4n) is 1.71. The molecule has 1 aromatic heterocycles. The van der Waals surface area contributed by atoms with Gasteiger partial charge in [-0.05, 0) is 31.5 Å². The van der Waals surface area contributed by atoms with Gasteiger partial charge in [0, 0.05) is 32.5 Å². The number of hydrogen-bond acceptors (Lipinski definition) is 4. The maximum Gasteiger partial charge on any atom is 0.269 e. The molecule has 1 amide bonds. The maximum atomic E-state index is 11.5. The minimum absolute atomic E-state index is 0.159. The summed E-state index contributed by atoms with van der Waals surface area (Å²) in [7, 11) is 3.62. The lowest BCUT2D eigenvalue weighted by Gasteiger charge is -2.19. The number of pyridine rings is 1. The number of anilines is 1. The predicted octanol–water partition coefficient (Wildman–Crippen LogP) is 1.01. The van der Waals surface area contributed by atoms with Gasteiger partial charge in [0.2, 0.25) is 0 Å². The third-order valence-corrected chi connectivity index (χ3v) is 2.84. The maximum absolute atomic E-state index is 11.5. The molecular weight excluding hydrogens is 228 g/mol. The third-order valence-electron chi connectivity index (χ3n) is 2.84. The van der Waals surface area contributed by atoms with Crippen molar-refractivity contribution >= 4 is 11.6 Å². The van der Waals surface area contributed by atoms with E-state index in [0.29, 0.717) is 5.69 Å². The molecular formula is C13H22N4O. The second-order valence-corrected chi connectivity index (χ2v) is 4.25. The molecule has 0 atom stereocenters. The lowest BCUT2D eigenvalue weighted by atomic mass is 10.2. The first-order valence-corrected chi connectivity index (χ1v) is 6.28. The molecule has 0 aliphatic heterocycles. The van der Waals surface area contributed by atoms with Gasteiger partial charge in [0.25, 0.3) is 5.91 Å². The van der Waals surface area contributed by atoms with E-state index in [1.54, 1.807) is 13.2 Å². The number of carbonyl (C=O) groups is 1. The van der Waals surface area contributed by atoms with Crippen molar-refractivity contribution in [1.82, 2.24) is 10.3 Å². The minimum Gasteiger partial charge on any atom is -0.374 e. The molecule has 1 heterocycles. The molecule has 0 saturated heterocycles. The normalized spacial score (nSPS) is 10.2. The van der Waals surface area contributed by atoms with Crippen LogP contribution in [-0.4, -0.2) is 38.1 Å². The summed E-state index contributed by atoms with van der Waals surface area (Å²) in [5.74, 6) is -0.159. The van der Waals surface area contributed by atoms with Gasteiger partial charge in [-0.1, -0.05) is 6.42 Å². The van der Waals surface area contributed by atoms with Gasteiger partial charge in [0.05, 0.1) is 0 Å². The fraction of sp³-hybridized carbons (Fsp3) is 0.538. The zero-order valence-corrected chi connectivity index (χ0v) is 11.1. The van der Waals surface area contributed by atoms with E-state index < -0.39 is 0 Å². The van der Waals surface area contributed by atoms with E-state index in [2.05, 4.69) is 15.2 Å². The van der Waals surface area contributed by atoms with Crippen molar-refractivity contribution in [2.75, 3.05) is 32.1 Å². The summed E-state index contributed by atoms with van der Waals surface area (Å²) >= 11 is 0. The number of carbonyl (C=O) groups excluding carboxylic acids is 1. The topological polar surface area (TPSA) is 71.2 Å². The molecule has 1 aromatic rings. The van der Waals surface area contributed by atoms with Crippen molar-refractivity contribution in [2.45, 2.75) is 19.3 Å². The number of nitrogens with zero attached hydrogens (tertiary/aromatic N) is 2. The number of amides is 1. The highest BCUT2D eigenvalue weighted by atomic mass is 16.1. The average Bonchev–Trinajstić information content (AvgIpc) is 2.42. The molecule has 5 heteroatoms. The molecule has 0 spiro atoms. The Labute approximate surface area is 108 Å². The van der Waals surface area contributed by atoms with Gasteiger partial charge in [-0.3, -0.25) is 9.78 Å². The monoisotopic (exact) mass is 250 g/mol. The summed E-state index contributed by atoms with van der Waals surface area (Å²) < 4.78 is 0. The first-order valence-electron chi connectivity index (χ1n) is 6.28. The molecule has 0 aliphatic carbocycles. The smallest absolute Gasteiger partial charge is 0.269 e. The Morgan fingerprint density at radius 3 is 2.89 bits per heavy atom. The number of nitrogens with one attached hydrogen (secondary N) is 1. The van der Waals surface area contributed by atoms with Crippen LogP contribution in [0.4, 0.5) is 5.69 Å². The highest BCUT2D eigenvalue weighted by molar-refractivity contribution is 5.92. The summed E-state index contributed by atoms with van der Waals surface area (Å²) in [6.45, 7) is 1.71. The highest BCUT2D eigenvalue weighted by Gasteiger charge is 2.07. The minimum atomic E-state index is -0.159. The first-order chi connectivity index (χ1) is 8.69. The van der Waals surface area contributed by atoms with Crippen LogP contribution in [0, 0.1) is 0 Å². The second-order valence-electron chi connectivity index (χ2n) is 4.25. The van der Waals surface area contributed by atoms with Gasteiger partial charge in [0.1, 0.15) is 5.69 Å². The van der Waals surface area contributed by atoms with Crippen LogP contribution >= 0.6 is 0 Å². The van der Waals surface area contributed by atoms with Crippen molar-refractivity contribution in [3.63, 3.8) is 0 Å². The van der Waals surface area contributed by atoms with E-state index in [1.807, 2.05) is 19.2 Å². The molecule has 0 aromatic carbocycles. The van der Waals surface area contributed by atoms with Crippen molar-refractivity contribution in [3.8, 4) is 0 Å². The highest BCUT2D eigenvalue weighted by Crippen LogP contribution is 2.13. The van der Waals surface area contributed by atoms with Crippen LogP contribution in [-0.2, 0) is 0 Å². The molecule has 100 valence electrons. The van der Waals surface area contributed by atoms with Crippen LogP contribution in [0.2, 0.25) is 0 Å². The van der Waals surface area contributed by atoms with Crippen LogP contribution < -0.4 is 16.0 Å². The summed E-state index contributed by atoms with van der Waals surface area (Å²) in [5.41, 5.74) is 6.92. The molecule has 18 heavy (non-hydrogen) atoms. The van der Waals surface area contributed by atoms with Crippen LogP contribution in [0.25, 0.3) is 0 Å². The SMILES string of the molecule is CNC(=O)c1cc(N(C)CCCCCN)ccn1. The largest absolute Gasteiger partial charge is 0.374 e. The van der Waals surface area contributed by atoms with Gasteiger partial charge in [-0.25, -0.2) is 0 Å². The van der Waals surface area contributed by atoms with E-state index in [1.165, 1.54) is 0 Å². The summed E-state index contributed by atoms with van der Waals surface area (Å²) in [4.78, 5) is 17.7. The number of nitrogens with two attached hydrogens (primary N) is 1. The number of unbranched alkanes of at least 4 members (excludes halogenated alkanes) is 2. The van der Waals surface area contributed by atoms with Gasteiger partial charge in [0.15, 0.2) is 0 Å². The number of rotatable bonds is 7. The third kappa shape index (κ3) is 4.33. The Morgan fingerprint density at radius 2 is 2.22 bits per heavy atom.